The lowest BCUT2D eigenvalue weighted by Gasteiger charge is -2.17. The molecule has 3 N–H and O–H groups in total. The first-order chi connectivity index (χ1) is 9.63. The van der Waals surface area contributed by atoms with Gasteiger partial charge in [0, 0.05) is 5.02 Å². The Morgan fingerprint density at radius 2 is 1.95 bits per heavy atom. The summed E-state index contributed by atoms with van der Waals surface area (Å²) in [4.78, 5) is 0. The lowest BCUT2D eigenvalue weighted by molar-refractivity contribution is 0.411. The van der Waals surface area contributed by atoms with E-state index >= 15 is 0 Å². The molecule has 2 aromatic rings. The zero-order valence-corrected chi connectivity index (χ0v) is 13.4. The molecule has 0 amide bonds. The minimum Gasteiger partial charge on any atom is -0.496 e. The number of hydrazine groups is 1. The molecular weight excluding hydrogens is 340 g/mol. The molecule has 0 radical (unpaired) electrons. The molecule has 0 saturated carbocycles. The van der Waals surface area contributed by atoms with Crippen LogP contribution in [0.3, 0.4) is 0 Å². The van der Waals surface area contributed by atoms with Crippen LogP contribution in [0.25, 0.3) is 0 Å². The average Bonchev–Trinajstić information content (AvgIpc) is 2.46. The lowest BCUT2D eigenvalue weighted by atomic mass is 9.99. The summed E-state index contributed by atoms with van der Waals surface area (Å²) in [5, 5.41) is 0.734. The number of hydrogen-bond acceptors (Lipinski definition) is 3. The van der Waals surface area contributed by atoms with Gasteiger partial charge in [-0.3, -0.25) is 11.3 Å². The number of benzene rings is 2. The van der Waals surface area contributed by atoms with E-state index in [-0.39, 0.29) is 6.04 Å². The molecule has 3 nitrogen and oxygen atoms in total. The zero-order chi connectivity index (χ0) is 14.5. The SMILES string of the molecule is COc1ccc(C(Cc2ccc(Cl)cc2)NN)cc1Br. The number of ether oxygens (including phenoxy) is 1. The van der Waals surface area contributed by atoms with Crippen molar-refractivity contribution in [1.82, 2.24) is 5.43 Å². The van der Waals surface area contributed by atoms with Crippen molar-refractivity contribution in [2.75, 3.05) is 7.11 Å². The number of rotatable bonds is 5. The van der Waals surface area contributed by atoms with Crippen molar-refractivity contribution in [2.45, 2.75) is 12.5 Å². The highest BCUT2D eigenvalue weighted by atomic mass is 79.9. The van der Waals surface area contributed by atoms with E-state index in [9.17, 15) is 0 Å². The molecule has 0 bridgehead atoms. The van der Waals surface area contributed by atoms with Crippen molar-refractivity contribution < 1.29 is 4.74 Å². The van der Waals surface area contributed by atoms with E-state index in [0.717, 1.165) is 27.2 Å². The molecule has 0 aliphatic heterocycles. The van der Waals surface area contributed by atoms with Crippen LogP contribution in [0.4, 0.5) is 0 Å². The van der Waals surface area contributed by atoms with Crippen molar-refractivity contribution in [3.63, 3.8) is 0 Å². The van der Waals surface area contributed by atoms with E-state index in [2.05, 4.69) is 21.4 Å². The highest BCUT2D eigenvalue weighted by Crippen LogP contribution is 2.29. The summed E-state index contributed by atoms with van der Waals surface area (Å²) < 4.78 is 6.14. The van der Waals surface area contributed by atoms with E-state index in [4.69, 9.17) is 22.2 Å². The van der Waals surface area contributed by atoms with Gasteiger partial charge in [-0.15, -0.1) is 0 Å². The molecular formula is C15H16BrClN2O. The van der Waals surface area contributed by atoms with E-state index in [0.29, 0.717) is 0 Å². The summed E-state index contributed by atoms with van der Waals surface area (Å²) in [6.45, 7) is 0. The molecule has 0 spiro atoms. The van der Waals surface area contributed by atoms with Crippen LogP contribution in [-0.4, -0.2) is 7.11 Å². The van der Waals surface area contributed by atoms with Gasteiger partial charge in [0.05, 0.1) is 17.6 Å². The molecule has 5 heteroatoms. The fourth-order valence-corrected chi connectivity index (χ4v) is 2.71. The van der Waals surface area contributed by atoms with Crippen molar-refractivity contribution in [2.24, 2.45) is 5.84 Å². The van der Waals surface area contributed by atoms with Crippen LogP contribution >= 0.6 is 27.5 Å². The molecule has 2 aromatic carbocycles. The van der Waals surface area contributed by atoms with Gasteiger partial charge in [-0.05, 0) is 57.7 Å². The van der Waals surface area contributed by atoms with E-state index < -0.39 is 0 Å². The Balaban J connectivity index is 2.19. The second-order valence-electron chi connectivity index (χ2n) is 4.44. The molecule has 0 heterocycles. The van der Waals surface area contributed by atoms with Crippen LogP contribution in [0, 0.1) is 0 Å². The topological polar surface area (TPSA) is 47.3 Å². The molecule has 1 unspecified atom stereocenters. The minimum atomic E-state index is 0.0263. The van der Waals surface area contributed by atoms with Crippen LogP contribution < -0.4 is 16.0 Å². The van der Waals surface area contributed by atoms with Gasteiger partial charge >= 0.3 is 0 Å². The molecule has 2 rings (SSSR count). The van der Waals surface area contributed by atoms with Gasteiger partial charge in [-0.25, -0.2) is 0 Å². The molecule has 0 saturated heterocycles. The quantitative estimate of drug-likeness (QED) is 0.632. The smallest absolute Gasteiger partial charge is 0.133 e. The normalized spacial score (nSPS) is 12.2. The summed E-state index contributed by atoms with van der Waals surface area (Å²) >= 11 is 9.38. The molecule has 0 aliphatic carbocycles. The highest BCUT2D eigenvalue weighted by molar-refractivity contribution is 9.10. The maximum Gasteiger partial charge on any atom is 0.133 e. The van der Waals surface area contributed by atoms with E-state index in [1.165, 1.54) is 5.56 Å². The number of nitrogens with two attached hydrogens (primary N) is 1. The summed E-state index contributed by atoms with van der Waals surface area (Å²) in [7, 11) is 1.64. The second-order valence-corrected chi connectivity index (χ2v) is 5.73. The van der Waals surface area contributed by atoms with E-state index in [1.807, 2.05) is 42.5 Å². The zero-order valence-electron chi connectivity index (χ0n) is 11.1. The van der Waals surface area contributed by atoms with Crippen molar-refractivity contribution in [3.05, 3.63) is 63.1 Å². The fourth-order valence-electron chi connectivity index (χ4n) is 2.03. The predicted molar refractivity (Wildman–Crippen MR) is 85.9 cm³/mol. The number of hydrogen-bond donors (Lipinski definition) is 2. The van der Waals surface area contributed by atoms with Crippen molar-refractivity contribution in [1.29, 1.82) is 0 Å². The third kappa shape index (κ3) is 3.73. The third-order valence-electron chi connectivity index (χ3n) is 3.13. The van der Waals surface area contributed by atoms with Crippen molar-refractivity contribution in [3.8, 4) is 5.75 Å². The monoisotopic (exact) mass is 354 g/mol. The molecule has 0 aromatic heterocycles. The van der Waals surface area contributed by atoms with Gasteiger partial charge in [0.1, 0.15) is 5.75 Å². The molecule has 1 atom stereocenters. The summed E-state index contributed by atoms with van der Waals surface area (Å²) in [6, 6.07) is 13.7. The predicted octanol–water partition coefficient (Wildman–Crippen LogP) is 3.86. The van der Waals surface area contributed by atoms with E-state index in [1.54, 1.807) is 7.11 Å². The van der Waals surface area contributed by atoms with Crippen molar-refractivity contribution >= 4 is 27.5 Å². The maximum absolute atomic E-state index is 5.89. The van der Waals surface area contributed by atoms with Crippen LogP contribution in [0.15, 0.2) is 46.9 Å². The maximum atomic E-state index is 5.89. The Bertz CT molecular complexity index is 575. The number of nitrogens with one attached hydrogen (secondary N) is 1. The first-order valence-corrected chi connectivity index (χ1v) is 7.35. The molecule has 20 heavy (non-hydrogen) atoms. The van der Waals surface area contributed by atoms with Crippen LogP contribution in [-0.2, 0) is 6.42 Å². The van der Waals surface area contributed by atoms with Crippen LogP contribution in [0.5, 0.6) is 5.75 Å². The molecule has 0 fully saturated rings. The average molecular weight is 356 g/mol. The van der Waals surface area contributed by atoms with Gasteiger partial charge in [0.2, 0.25) is 0 Å². The van der Waals surface area contributed by atoms with Gasteiger partial charge in [0.15, 0.2) is 0 Å². The molecule has 106 valence electrons. The fraction of sp³-hybridized carbons (Fsp3) is 0.200. The Kier molecular flexibility index (Phi) is 5.43. The Morgan fingerprint density at radius 1 is 1.25 bits per heavy atom. The van der Waals surface area contributed by atoms with Gasteiger partial charge < -0.3 is 4.74 Å². The first kappa shape index (κ1) is 15.3. The Morgan fingerprint density at radius 3 is 2.50 bits per heavy atom. The second kappa shape index (κ2) is 7.09. The lowest BCUT2D eigenvalue weighted by Crippen LogP contribution is -2.29. The van der Waals surface area contributed by atoms with Crippen LogP contribution in [0.2, 0.25) is 5.02 Å². The third-order valence-corrected chi connectivity index (χ3v) is 4.00. The standard InChI is InChI=1S/C15H16BrClN2O/c1-20-15-7-4-11(9-13(15)16)14(19-18)8-10-2-5-12(17)6-3-10/h2-7,9,14,19H,8,18H2,1H3. The number of methoxy groups -OCH3 is 1. The van der Waals surface area contributed by atoms with Gasteiger partial charge in [-0.1, -0.05) is 29.8 Å². The summed E-state index contributed by atoms with van der Waals surface area (Å²) in [5.41, 5.74) is 5.11. The first-order valence-electron chi connectivity index (χ1n) is 6.18. The Labute approximate surface area is 132 Å². The highest BCUT2D eigenvalue weighted by Gasteiger charge is 2.12. The Hall–Kier alpha value is -1.07. The van der Waals surface area contributed by atoms with Gasteiger partial charge in [-0.2, -0.15) is 0 Å². The minimum absolute atomic E-state index is 0.0263. The summed E-state index contributed by atoms with van der Waals surface area (Å²) in [5.74, 6) is 6.48. The number of halogens is 2. The summed E-state index contributed by atoms with van der Waals surface area (Å²) in [6.07, 6.45) is 0.784. The largest absolute Gasteiger partial charge is 0.496 e. The van der Waals surface area contributed by atoms with Gasteiger partial charge in [0.25, 0.3) is 0 Å². The van der Waals surface area contributed by atoms with Crippen LogP contribution in [0.1, 0.15) is 17.2 Å². The molecule has 0 aliphatic rings.